The molecule has 82 valence electrons. The summed E-state index contributed by atoms with van der Waals surface area (Å²) in [7, 11) is 0. The second-order valence-corrected chi connectivity index (χ2v) is 3.31. The number of carbonyl (C=O) groups is 2. The second kappa shape index (κ2) is 4.61. The predicted octanol–water partition coefficient (Wildman–Crippen LogP) is 1.21. The number of hydrogen-bond acceptors (Lipinski definition) is 4. The molecule has 0 N–H and O–H groups in total. The summed E-state index contributed by atoms with van der Waals surface area (Å²) in [6.45, 7) is 0.182. The molecule has 0 bridgehead atoms. The van der Waals surface area contributed by atoms with Gasteiger partial charge in [0.25, 0.3) is 0 Å². The van der Waals surface area contributed by atoms with Crippen LogP contribution in [0.3, 0.4) is 0 Å². The maximum atomic E-state index is 11.4. The Morgan fingerprint density at radius 2 is 2.06 bits per heavy atom. The zero-order chi connectivity index (χ0) is 11.4. The number of rotatable bonds is 3. The van der Waals surface area contributed by atoms with Crippen LogP contribution < -0.4 is 0 Å². The third kappa shape index (κ3) is 2.48. The lowest BCUT2D eigenvalue weighted by atomic mass is 10.2. The van der Waals surface area contributed by atoms with E-state index in [4.69, 9.17) is 4.74 Å². The molecule has 0 saturated heterocycles. The molecule has 4 nitrogen and oxygen atoms in total. The van der Waals surface area contributed by atoms with E-state index in [1.54, 1.807) is 0 Å². The van der Waals surface area contributed by atoms with Crippen molar-refractivity contribution >= 4 is 11.9 Å². The van der Waals surface area contributed by atoms with Gasteiger partial charge in [0.1, 0.15) is 6.61 Å². The first-order valence-corrected chi connectivity index (χ1v) is 4.85. The van der Waals surface area contributed by atoms with E-state index in [0.29, 0.717) is 0 Å². The molecule has 1 aromatic carbocycles. The third-order valence-corrected chi connectivity index (χ3v) is 2.11. The van der Waals surface area contributed by atoms with Crippen molar-refractivity contribution in [2.75, 3.05) is 0 Å². The summed E-state index contributed by atoms with van der Waals surface area (Å²) in [5.41, 5.74) is 0.893. The van der Waals surface area contributed by atoms with Crippen LogP contribution in [0.25, 0.3) is 0 Å². The van der Waals surface area contributed by atoms with E-state index in [1.807, 2.05) is 30.3 Å². The van der Waals surface area contributed by atoms with Gasteiger partial charge in [-0.3, -0.25) is 0 Å². The number of cyclic esters (lactones) is 1. The van der Waals surface area contributed by atoms with Gasteiger partial charge in [-0.25, -0.2) is 9.59 Å². The van der Waals surface area contributed by atoms with E-state index in [0.717, 1.165) is 5.56 Å². The molecule has 0 saturated carbocycles. The number of ether oxygens (including phenoxy) is 2. The standard InChI is InChI=1S/C12H10O4/c13-11-7-6-10(16-11)12(14)15-8-9-4-2-1-3-5-9/h1-7,10H,8H2. The molecule has 1 unspecified atom stereocenters. The molecule has 0 radical (unpaired) electrons. The average molecular weight is 218 g/mol. The summed E-state index contributed by atoms with van der Waals surface area (Å²) >= 11 is 0. The maximum Gasteiger partial charge on any atom is 0.351 e. The molecule has 0 aromatic heterocycles. The third-order valence-electron chi connectivity index (χ3n) is 2.11. The lowest BCUT2D eigenvalue weighted by Crippen LogP contribution is -2.22. The Balaban J connectivity index is 1.85. The Morgan fingerprint density at radius 1 is 1.31 bits per heavy atom. The summed E-state index contributed by atoms with van der Waals surface area (Å²) in [6, 6.07) is 9.30. The van der Waals surface area contributed by atoms with Crippen molar-refractivity contribution in [3.8, 4) is 0 Å². The van der Waals surface area contributed by atoms with Gasteiger partial charge in [-0.15, -0.1) is 0 Å². The summed E-state index contributed by atoms with van der Waals surface area (Å²) in [4.78, 5) is 22.1. The van der Waals surface area contributed by atoms with E-state index in [9.17, 15) is 9.59 Å². The van der Waals surface area contributed by atoms with Gasteiger partial charge >= 0.3 is 11.9 Å². The van der Waals surface area contributed by atoms with Crippen molar-refractivity contribution < 1.29 is 19.1 Å². The van der Waals surface area contributed by atoms with Crippen LogP contribution in [0.4, 0.5) is 0 Å². The van der Waals surface area contributed by atoms with Gasteiger partial charge < -0.3 is 9.47 Å². The molecule has 1 atom stereocenters. The first kappa shape index (κ1) is 10.4. The van der Waals surface area contributed by atoms with Crippen LogP contribution in [0, 0.1) is 0 Å². The summed E-state index contributed by atoms with van der Waals surface area (Å²) in [6.07, 6.45) is 1.71. The van der Waals surface area contributed by atoms with Crippen molar-refractivity contribution in [2.24, 2.45) is 0 Å². The normalized spacial score (nSPS) is 18.2. The fourth-order valence-electron chi connectivity index (χ4n) is 1.31. The smallest absolute Gasteiger partial charge is 0.351 e. The van der Waals surface area contributed by atoms with Gasteiger partial charge in [-0.1, -0.05) is 30.3 Å². The van der Waals surface area contributed by atoms with Crippen LogP contribution in [0.5, 0.6) is 0 Å². The van der Waals surface area contributed by atoms with Crippen molar-refractivity contribution in [3.05, 3.63) is 48.0 Å². The predicted molar refractivity (Wildman–Crippen MR) is 55.3 cm³/mol. The topological polar surface area (TPSA) is 52.6 Å². The van der Waals surface area contributed by atoms with Crippen molar-refractivity contribution in [3.63, 3.8) is 0 Å². The van der Waals surface area contributed by atoms with E-state index in [2.05, 4.69) is 4.74 Å². The molecule has 4 heteroatoms. The minimum atomic E-state index is -0.892. The molecule has 0 spiro atoms. The molecule has 0 fully saturated rings. The van der Waals surface area contributed by atoms with Gasteiger partial charge in [0.05, 0.1) is 0 Å². The molecule has 1 heterocycles. The SMILES string of the molecule is O=C1C=CC(C(=O)OCc2ccccc2)O1. The lowest BCUT2D eigenvalue weighted by molar-refractivity contribution is -0.160. The second-order valence-electron chi connectivity index (χ2n) is 3.31. The highest BCUT2D eigenvalue weighted by Gasteiger charge is 2.25. The summed E-state index contributed by atoms with van der Waals surface area (Å²) in [5.74, 6) is -1.06. The van der Waals surface area contributed by atoms with Crippen LogP contribution in [-0.2, 0) is 25.7 Å². The lowest BCUT2D eigenvalue weighted by Gasteiger charge is -2.08. The van der Waals surface area contributed by atoms with Gasteiger partial charge in [0, 0.05) is 6.08 Å². The first-order valence-electron chi connectivity index (χ1n) is 4.85. The van der Waals surface area contributed by atoms with E-state index in [-0.39, 0.29) is 6.61 Å². The van der Waals surface area contributed by atoms with Gasteiger partial charge in [-0.05, 0) is 11.6 Å². The molecular weight excluding hydrogens is 208 g/mol. The number of esters is 2. The van der Waals surface area contributed by atoms with Crippen molar-refractivity contribution in [1.82, 2.24) is 0 Å². The summed E-state index contributed by atoms with van der Waals surface area (Å²) < 4.78 is 9.68. The molecule has 1 aromatic rings. The quantitative estimate of drug-likeness (QED) is 0.715. The number of carbonyl (C=O) groups excluding carboxylic acids is 2. The van der Waals surface area contributed by atoms with Gasteiger partial charge in [-0.2, -0.15) is 0 Å². The minimum absolute atomic E-state index is 0.182. The molecule has 1 aliphatic rings. The Bertz CT molecular complexity index is 422. The van der Waals surface area contributed by atoms with Crippen molar-refractivity contribution in [1.29, 1.82) is 0 Å². The number of hydrogen-bond donors (Lipinski definition) is 0. The average Bonchev–Trinajstić information content (AvgIpc) is 2.74. The van der Waals surface area contributed by atoms with E-state index >= 15 is 0 Å². The zero-order valence-electron chi connectivity index (χ0n) is 8.46. The van der Waals surface area contributed by atoms with Crippen LogP contribution >= 0.6 is 0 Å². The van der Waals surface area contributed by atoms with Crippen LogP contribution in [0.1, 0.15) is 5.56 Å². The van der Waals surface area contributed by atoms with Crippen LogP contribution in [-0.4, -0.2) is 18.0 Å². The Kier molecular flexibility index (Phi) is 3.00. The summed E-state index contributed by atoms with van der Waals surface area (Å²) in [5, 5.41) is 0. The Hall–Kier alpha value is -2.10. The zero-order valence-corrected chi connectivity index (χ0v) is 8.46. The molecule has 2 rings (SSSR count). The van der Waals surface area contributed by atoms with Gasteiger partial charge in [0.15, 0.2) is 0 Å². The van der Waals surface area contributed by atoms with Crippen LogP contribution in [0.15, 0.2) is 42.5 Å². The Labute approximate surface area is 92.5 Å². The van der Waals surface area contributed by atoms with E-state index < -0.39 is 18.0 Å². The van der Waals surface area contributed by atoms with E-state index in [1.165, 1.54) is 12.2 Å². The molecular formula is C12H10O4. The molecule has 0 amide bonds. The Morgan fingerprint density at radius 3 is 2.69 bits per heavy atom. The fraction of sp³-hybridized carbons (Fsp3) is 0.167. The maximum absolute atomic E-state index is 11.4. The monoisotopic (exact) mass is 218 g/mol. The largest absolute Gasteiger partial charge is 0.458 e. The highest BCUT2D eigenvalue weighted by atomic mass is 16.6. The highest BCUT2D eigenvalue weighted by molar-refractivity contribution is 5.91. The van der Waals surface area contributed by atoms with Crippen LogP contribution in [0.2, 0.25) is 0 Å². The molecule has 1 aliphatic heterocycles. The molecule has 16 heavy (non-hydrogen) atoms. The van der Waals surface area contributed by atoms with Crippen molar-refractivity contribution in [2.45, 2.75) is 12.7 Å². The highest BCUT2D eigenvalue weighted by Crippen LogP contribution is 2.08. The number of benzene rings is 1. The fourth-order valence-corrected chi connectivity index (χ4v) is 1.31. The van der Waals surface area contributed by atoms with Gasteiger partial charge in [0.2, 0.25) is 6.10 Å². The first-order chi connectivity index (χ1) is 7.75. The molecule has 0 aliphatic carbocycles. The minimum Gasteiger partial charge on any atom is -0.458 e.